The summed E-state index contributed by atoms with van der Waals surface area (Å²) in [5.41, 5.74) is 1.05. The molecule has 4 heteroatoms. The van der Waals surface area contributed by atoms with Crippen LogP contribution < -0.4 is 28.5 Å². The Morgan fingerprint density at radius 2 is 2.21 bits per heavy atom. The van der Waals surface area contributed by atoms with Crippen molar-refractivity contribution in [3.05, 3.63) is 36.6 Å². The molecule has 0 unspecified atom stereocenters. The molecule has 0 spiro atoms. The fourth-order valence-electron chi connectivity index (χ4n) is 1.23. The molecular weight excluding hydrogens is 291 g/mol. The van der Waals surface area contributed by atoms with Gasteiger partial charge in [0.1, 0.15) is 7.05 Å². The lowest BCUT2D eigenvalue weighted by Crippen LogP contribution is -3.00. The quantitative estimate of drug-likeness (QED) is 0.473. The van der Waals surface area contributed by atoms with E-state index in [1.807, 2.05) is 43.1 Å². The minimum absolute atomic E-state index is 0. The average Bonchev–Trinajstić information content (AvgIpc) is 2.52. The van der Waals surface area contributed by atoms with E-state index >= 15 is 0 Å². The third kappa shape index (κ3) is 2.31. The van der Waals surface area contributed by atoms with Crippen molar-refractivity contribution >= 4 is 0 Å². The maximum Gasteiger partial charge on any atom is 0.191 e. The van der Waals surface area contributed by atoms with Gasteiger partial charge in [-0.15, -0.1) is 0 Å². The summed E-state index contributed by atoms with van der Waals surface area (Å²) in [6.07, 6.45) is 5.72. The maximum absolute atomic E-state index is 5.40. The number of rotatable bonds is 1. The molecule has 0 atom stereocenters. The fourth-order valence-corrected chi connectivity index (χ4v) is 1.23. The second-order valence-electron chi connectivity index (χ2n) is 3.00. The molecule has 2 aromatic heterocycles. The van der Waals surface area contributed by atoms with Crippen LogP contribution in [0.1, 0.15) is 5.89 Å². The van der Waals surface area contributed by atoms with Crippen molar-refractivity contribution in [1.29, 1.82) is 0 Å². The zero-order chi connectivity index (χ0) is 9.26. The Kier molecular flexibility index (Phi) is 3.62. The number of oxazole rings is 1. The molecular formula is C10H11IN2O. The average molecular weight is 302 g/mol. The first-order valence-electron chi connectivity index (χ1n) is 4.14. The fraction of sp³-hybridized carbons (Fsp3) is 0.200. The maximum atomic E-state index is 5.40. The normalized spacial score (nSPS) is 9.57. The molecule has 0 fully saturated rings. The van der Waals surface area contributed by atoms with Crippen LogP contribution in [0, 0.1) is 6.92 Å². The lowest BCUT2D eigenvalue weighted by Gasteiger charge is -1.92. The molecule has 14 heavy (non-hydrogen) atoms. The number of aromatic nitrogens is 2. The Bertz CT molecular complexity index is 426. The van der Waals surface area contributed by atoms with Crippen LogP contribution >= 0.6 is 0 Å². The molecule has 0 N–H and O–H groups in total. The predicted molar refractivity (Wildman–Crippen MR) is 47.9 cm³/mol. The molecule has 3 nitrogen and oxygen atoms in total. The molecule has 0 saturated carbocycles. The van der Waals surface area contributed by atoms with Crippen molar-refractivity contribution in [2.75, 3.05) is 0 Å². The SMILES string of the molecule is Cc1ncc(-c2ccc[n+](C)c2)o1.[I-]. The van der Waals surface area contributed by atoms with Gasteiger partial charge < -0.3 is 28.4 Å². The van der Waals surface area contributed by atoms with Gasteiger partial charge in [-0.2, -0.15) is 0 Å². The second kappa shape index (κ2) is 4.54. The van der Waals surface area contributed by atoms with Gasteiger partial charge in [-0.1, -0.05) is 0 Å². The van der Waals surface area contributed by atoms with Gasteiger partial charge in [0.25, 0.3) is 0 Å². The van der Waals surface area contributed by atoms with Crippen molar-refractivity contribution in [1.82, 2.24) is 4.98 Å². The van der Waals surface area contributed by atoms with Crippen LogP contribution in [0.15, 0.2) is 35.1 Å². The van der Waals surface area contributed by atoms with Gasteiger partial charge >= 0.3 is 0 Å². The number of hydrogen-bond acceptors (Lipinski definition) is 2. The minimum atomic E-state index is 0. The van der Waals surface area contributed by atoms with E-state index in [2.05, 4.69) is 4.98 Å². The van der Waals surface area contributed by atoms with Gasteiger partial charge in [0.15, 0.2) is 24.0 Å². The van der Waals surface area contributed by atoms with E-state index in [4.69, 9.17) is 4.42 Å². The van der Waals surface area contributed by atoms with Crippen LogP contribution in [-0.2, 0) is 7.05 Å². The first kappa shape index (κ1) is 11.2. The number of nitrogens with zero attached hydrogens (tertiary/aromatic N) is 2. The van der Waals surface area contributed by atoms with E-state index in [0.29, 0.717) is 5.89 Å². The standard InChI is InChI=1S/C10H11N2O.HI/c1-8-11-6-10(13-8)9-4-3-5-12(2)7-9;/h3-7H,1-2H3;1H/q+1;/p-1. The molecule has 0 radical (unpaired) electrons. The van der Waals surface area contributed by atoms with E-state index in [1.165, 1.54) is 0 Å². The Balaban J connectivity index is 0.000000980. The first-order valence-corrected chi connectivity index (χ1v) is 4.14. The molecule has 0 saturated heterocycles. The highest BCUT2D eigenvalue weighted by Gasteiger charge is 2.05. The van der Waals surface area contributed by atoms with Crippen LogP contribution in [-0.4, -0.2) is 4.98 Å². The highest BCUT2D eigenvalue weighted by Crippen LogP contribution is 2.17. The summed E-state index contributed by atoms with van der Waals surface area (Å²) in [6.45, 7) is 1.84. The molecule has 2 rings (SSSR count). The molecule has 0 aliphatic carbocycles. The van der Waals surface area contributed by atoms with E-state index < -0.39 is 0 Å². The lowest BCUT2D eigenvalue weighted by atomic mass is 10.2. The topological polar surface area (TPSA) is 29.9 Å². The number of aryl methyl sites for hydroxylation is 2. The third-order valence-corrected chi connectivity index (χ3v) is 1.85. The summed E-state index contributed by atoms with van der Waals surface area (Å²) >= 11 is 0. The summed E-state index contributed by atoms with van der Waals surface area (Å²) in [4.78, 5) is 4.05. The van der Waals surface area contributed by atoms with Crippen molar-refractivity contribution in [2.45, 2.75) is 6.92 Å². The molecule has 0 amide bonds. The van der Waals surface area contributed by atoms with E-state index in [-0.39, 0.29) is 24.0 Å². The number of hydrogen-bond donors (Lipinski definition) is 0. The Labute approximate surface area is 99.8 Å². The summed E-state index contributed by atoms with van der Waals surface area (Å²) in [5, 5.41) is 0. The van der Waals surface area contributed by atoms with Crippen LogP contribution in [0.3, 0.4) is 0 Å². The number of pyridine rings is 1. The van der Waals surface area contributed by atoms with Gasteiger partial charge in [0, 0.05) is 13.0 Å². The largest absolute Gasteiger partial charge is 1.00 e. The van der Waals surface area contributed by atoms with Gasteiger partial charge in [-0.3, -0.25) is 0 Å². The van der Waals surface area contributed by atoms with E-state index in [1.54, 1.807) is 6.20 Å². The minimum Gasteiger partial charge on any atom is -1.00 e. The predicted octanol–water partition coefficient (Wildman–Crippen LogP) is -1.52. The molecule has 0 aliphatic rings. The molecule has 0 aromatic carbocycles. The monoisotopic (exact) mass is 302 g/mol. The molecule has 74 valence electrons. The van der Waals surface area contributed by atoms with Gasteiger partial charge in [0.2, 0.25) is 0 Å². The molecule has 0 bridgehead atoms. The van der Waals surface area contributed by atoms with E-state index in [0.717, 1.165) is 11.3 Å². The van der Waals surface area contributed by atoms with Crippen molar-refractivity contribution in [3.63, 3.8) is 0 Å². The zero-order valence-electron chi connectivity index (χ0n) is 8.07. The summed E-state index contributed by atoms with van der Waals surface area (Å²) in [7, 11) is 1.98. The van der Waals surface area contributed by atoms with Crippen molar-refractivity contribution in [2.24, 2.45) is 7.05 Å². The van der Waals surface area contributed by atoms with Crippen molar-refractivity contribution in [3.8, 4) is 11.3 Å². The van der Waals surface area contributed by atoms with Crippen LogP contribution in [0.4, 0.5) is 0 Å². The summed E-state index contributed by atoms with van der Waals surface area (Å²) in [6, 6.07) is 3.98. The number of halogens is 1. The summed E-state index contributed by atoms with van der Waals surface area (Å²) in [5.74, 6) is 1.51. The van der Waals surface area contributed by atoms with Crippen LogP contribution in [0.25, 0.3) is 11.3 Å². The molecule has 2 aromatic rings. The van der Waals surface area contributed by atoms with Crippen LogP contribution in [0.2, 0.25) is 0 Å². The van der Waals surface area contributed by atoms with Gasteiger partial charge in [0.05, 0.1) is 11.8 Å². The Morgan fingerprint density at radius 1 is 1.43 bits per heavy atom. The molecule has 0 aliphatic heterocycles. The Morgan fingerprint density at radius 3 is 2.79 bits per heavy atom. The van der Waals surface area contributed by atoms with E-state index in [9.17, 15) is 0 Å². The van der Waals surface area contributed by atoms with Gasteiger partial charge in [-0.05, 0) is 6.07 Å². The smallest absolute Gasteiger partial charge is 0.191 e. The zero-order valence-corrected chi connectivity index (χ0v) is 10.2. The van der Waals surface area contributed by atoms with Gasteiger partial charge in [-0.25, -0.2) is 9.55 Å². The Hall–Kier alpha value is -0.910. The van der Waals surface area contributed by atoms with Crippen molar-refractivity contribution < 1.29 is 33.0 Å². The second-order valence-corrected chi connectivity index (χ2v) is 3.00. The summed E-state index contributed by atoms with van der Waals surface area (Å²) < 4.78 is 7.38. The highest BCUT2D eigenvalue weighted by atomic mass is 127. The van der Waals surface area contributed by atoms with Crippen LogP contribution in [0.5, 0.6) is 0 Å². The molecule has 2 heterocycles. The highest BCUT2D eigenvalue weighted by molar-refractivity contribution is 5.53. The lowest BCUT2D eigenvalue weighted by molar-refractivity contribution is -0.671. The first-order chi connectivity index (χ1) is 6.25. The third-order valence-electron chi connectivity index (χ3n) is 1.85.